The molecule has 0 fully saturated rings. The van der Waals surface area contributed by atoms with Crippen molar-refractivity contribution in [3.63, 3.8) is 0 Å². The third kappa shape index (κ3) is 8.30. The van der Waals surface area contributed by atoms with Crippen molar-refractivity contribution < 1.29 is 33.4 Å². The van der Waals surface area contributed by atoms with Crippen LogP contribution < -0.4 is 0 Å². The van der Waals surface area contributed by atoms with E-state index >= 15 is 0 Å². The molecule has 2 aromatic carbocycles. The Bertz CT molecular complexity index is 1070. The van der Waals surface area contributed by atoms with Crippen molar-refractivity contribution in [2.75, 3.05) is 7.05 Å². The Morgan fingerprint density at radius 2 is 1.49 bits per heavy atom. The minimum atomic E-state index is -2.03. The lowest BCUT2D eigenvalue weighted by molar-refractivity contribution is -0.170. The molecule has 2 rings (SSSR count). The van der Waals surface area contributed by atoms with Crippen LogP contribution in [0.5, 0.6) is 0 Å². The molecule has 0 spiro atoms. The molecule has 0 aromatic heterocycles. The number of likely N-dealkylation sites (N-methyl/N-ethyl adjacent to an activating group) is 1. The summed E-state index contributed by atoms with van der Waals surface area (Å²) >= 11 is 0. The Labute approximate surface area is 218 Å². The number of carbonyl (C=O) groups excluding carboxylic acids is 2. The second-order valence-electron chi connectivity index (χ2n) is 11.5. The topological polar surface area (TPSA) is 93.1 Å². The molecule has 0 bridgehead atoms. The lowest BCUT2D eigenvalue weighted by atomic mass is 9.69. The van der Waals surface area contributed by atoms with Crippen LogP contribution in [0.2, 0.25) is 0 Å². The van der Waals surface area contributed by atoms with Gasteiger partial charge in [-0.25, -0.2) is 14.0 Å². The highest BCUT2D eigenvalue weighted by Crippen LogP contribution is 2.40. The molecular weight excluding hydrogens is 477 g/mol. The number of esters is 1. The van der Waals surface area contributed by atoms with E-state index in [-0.39, 0.29) is 19.4 Å². The zero-order valence-electron chi connectivity index (χ0n) is 22.7. The van der Waals surface area contributed by atoms with Gasteiger partial charge in [0.2, 0.25) is 0 Å². The first-order valence-electron chi connectivity index (χ1n) is 12.2. The Morgan fingerprint density at radius 3 is 1.97 bits per heavy atom. The number of nitrogens with zero attached hydrogens (tertiary/aromatic N) is 1. The molecule has 0 radical (unpaired) electrons. The van der Waals surface area contributed by atoms with Crippen molar-refractivity contribution in [2.45, 2.75) is 72.1 Å². The van der Waals surface area contributed by atoms with Crippen molar-refractivity contribution >= 4 is 18.0 Å². The van der Waals surface area contributed by atoms with Crippen molar-refractivity contribution in [3.05, 3.63) is 71.5 Å². The van der Waals surface area contributed by atoms with Gasteiger partial charge in [-0.1, -0.05) is 63.2 Å². The summed E-state index contributed by atoms with van der Waals surface area (Å²) in [5.74, 6) is -3.93. The van der Waals surface area contributed by atoms with E-state index < -0.39 is 46.3 Å². The second-order valence-corrected chi connectivity index (χ2v) is 11.5. The average Bonchev–Trinajstić information content (AvgIpc) is 2.79. The summed E-state index contributed by atoms with van der Waals surface area (Å²) in [5, 5.41) is 10.7. The van der Waals surface area contributed by atoms with Gasteiger partial charge in [0.05, 0.1) is 5.92 Å². The van der Waals surface area contributed by atoms with E-state index in [1.54, 1.807) is 45.0 Å². The van der Waals surface area contributed by atoms with E-state index in [1.165, 1.54) is 31.3 Å². The van der Waals surface area contributed by atoms with Gasteiger partial charge in [-0.3, -0.25) is 9.69 Å². The van der Waals surface area contributed by atoms with Crippen molar-refractivity contribution in [2.24, 2.45) is 11.3 Å². The summed E-state index contributed by atoms with van der Waals surface area (Å²) in [6, 6.07) is 14.5. The predicted molar refractivity (Wildman–Crippen MR) is 138 cm³/mol. The highest BCUT2D eigenvalue weighted by atomic mass is 19.1. The third-order valence-corrected chi connectivity index (χ3v) is 5.87. The largest absolute Gasteiger partial charge is 0.479 e. The lowest BCUT2D eigenvalue weighted by Crippen LogP contribution is -2.64. The predicted octanol–water partition coefficient (Wildman–Crippen LogP) is 5.85. The van der Waals surface area contributed by atoms with E-state index in [2.05, 4.69) is 0 Å². The SMILES string of the molecule is CN(C(=O)OC(C)(C)C)[C@](CC(C)(C)C)(C(=O)O)[C@@H](Cc1ccc(F)cc1)C(=O)OCc1ccccc1. The Morgan fingerprint density at radius 1 is 0.919 bits per heavy atom. The van der Waals surface area contributed by atoms with E-state index in [9.17, 15) is 23.9 Å². The molecule has 202 valence electrons. The number of halogens is 1. The van der Waals surface area contributed by atoms with Gasteiger partial charge >= 0.3 is 18.0 Å². The Balaban J connectivity index is 2.63. The summed E-state index contributed by atoms with van der Waals surface area (Å²) < 4.78 is 24.8. The van der Waals surface area contributed by atoms with Gasteiger partial charge in [-0.15, -0.1) is 0 Å². The van der Waals surface area contributed by atoms with Crippen molar-refractivity contribution in [3.8, 4) is 0 Å². The number of ether oxygens (including phenoxy) is 2. The zero-order valence-corrected chi connectivity index (χ0v) is 22.7. The lowest BCUT2D eigenvalue weighted by Gasteiger charge is -2.45. The summed E-state index contributed by atoms with van der Waals surface area (Å²) in [6.45, 7) is 10.5. The molecule has 2 atom stereocenters. The molecule has 0 saturated carbocycles. The fourth-order valence-electron chi connectivity index (χ4n) is 4.28. The number of hydrogen-bond acceptors (Lipinski definition) is 5. The van der Waals surface area contributed by atoms with Crippen LogP contribution in [-0.2, 0) is 32.1 Å². The molecular formula is C29H38FNO6. The first-order chi connectivity index (χ1) is 17.0. The number of carbonyl (C=O) groups is 3. The van der Waals surface area contributed by atoms with Crippen LogP contribution in [0, 0.1) is 17.2 Å². The molecule has 37 heavy (non-hydrogen) atoms. The smallest absolute Gasteiger partial charge is 0.411 e. The minimum absolute atomic E-state index is 0.0685. The fourth-order valence-corrected chi connectivity index (χ4v) is 4.28. The molecule has 0 aliphatic rings. The summed E-state index contributed by atoms with van der Waals surface area (Å²) in [5.41, 5.74) is -2.27. The number of amides is 1. The average molecular weight is 516 g/mol. The van der Waals surface area contributed by atoms with Gasteiger partial charge in [-0.05, 0) is 62.3 Å². The molecule has 1 amide bonds. The maximum absolute atomic E-state index is 13.7. The van der Waals surface area contributed by atoms with Gasteiger partial charge in [-0.2, -0.15) is 0 Å². The molecule has 7 nitrogen and oxygen atoms in total. The number of benzene rings is 2. The molecule has 8 heteroatoms. The van der Waals surface area contributed by atoms with Gasteiger partial charge in [0.15, 0.2) is 5.54 Å². The summed E-state index contributed by atoms with van der Waals surface area (Å²) in [4.78, 5) is 41.1. The number of carboxylic acid groups (broad SMARTS) is 1. The van der Waals surface area contributed by atoms with Gasteiger partial charge in [0.1, 0.15) is 18.0 Å². The number of carboxylic acids is 1. The zero-order chi connectivity index (χ0) is 28.0. The van der Waals surface area contributed by atoms with E-state index in [0.29, 0.717) is 5.56 Å². The van der Waals surface area contributed by atoms with E-state index in [1.807, 2.05) is 26.8 Å². The number of aliphatic carboxylic acids is 1. The second kappa shape index (κ2) is 11.8. The number of rotatable bonds is 9. The first kappa shape index (κ1) is 29.8. The standard InChI is InChI=1S/C29H38FNO6/c1-27(2,3)19-29(25(33)34,31(7)26(35)37-28(4,5)6)23(17-20-13-15-22(30)16-14-20)24(32)36-18-21-11-9-8-10-12-21/h8-16,23H,17-19H2,1-7H3,(H,33,34)/t23-,29-/m0/s1. The van der Waals surface area contributed by atoms with Crippen LogP contribution in [0.25, 0.3) is 0 Å². The van der Waals surface area contributed by atoms with Crippen molar-refractivity contribution in [1.82, 2.24) is 4.90 Å². The van der Waals surface area contributed by atoms with Crippen molar-refractivity contribution in [1.29, 1.82) is 0 Å². The molecule has 2 aromatic rings. The minimum Gasteiger partial charge on any atom is -0.479 e. The van der Waals surface area contributed by atoms with Gasteiger partial charge in [0, 0.05) is 7.05 Å². The maximum Gasteiger partial charge on any atom is 0.411 e. The van der Waals surface area contributed by atoms with Crippen LogP contribution in [-0.4, -0.2) is 46.2 Å². The van der Waals surface area contributed by atoms with Crippen LogP contribution in [0.4, 0.5) is 9.18 Å². The summed E-state index contributed by atoms with van der Waals surface area (Å²) in [7, 11) is 1.33. The van der Waals surface area contributed by atoms with Crippen LogP contribution in [0.1, 0.15) is 59.1 Å². The monoisotopic (exact) mass is 515 g/mol. The number of hydrogen-bond donors (Lipinski definition) is 1. The molecule has 0 heterocycles. The Kier molecular flexibility index (Phi) is 9.47. The van der Waals surface area contributed by atoms with E-state index in [4.69, 9.17) is 9.47 Å². The first-order valence-corrected chi connectivity index (χ1v) is 12.2. The highest BCUT2D eigenvalue weighted by molar-refractivity contribution is 5.91. The molecule has 0 saturated heterocycles. The third-order valence-electron chi connectivity index (χ3n) is 5.87. The van der Waals surface area contributed by atoms with Crippen LogP contribution in [0.15, 0.2) is 54.6 Å². The summed E-state index contributed by atoms with van der Waals surface area (Å²) in [6.07, 6.45) is -1.04. The molecule has 1 N–H and O–H groups in total. The maximum atomic E-state index is 13.7. The quantitative estimate of drug-likeness (QED) is 0.421. The molecule has 0 aliphatic carbocycles. The highest BCUT2D eigenvalue weighted by Gasteiger charge is 2.57. The van der Waals surface area contributed by atoms with E-state index in [0.717, 1.165) is 10.5 Å². The van der Waals surface area contributed by atoms with Gasteiger partial charge in [0.25, 0.3) is 0 Å². The van der Waals surface area contributed by atoms with Gasteiger partial charge < -0.3 is 14.6 Å². The molecule has 0 aliphatic heterocycles. The fraction of sp³-hybridized carbons (Fsp3) is 0.483. The Hall–Kier alpha value is -3.42. The normalized spacial score (nSPS) is 14.3. The molecule has 0 unspecified atom stereocenters. The van der Waals surface area contributed by atoms with Crippen LogP contribution in [0.3, 0.4) is 0 Å². The van der Waals surface area contributed by atoms with Crippen LogP contribution >= 0.6 is 0 Å².